The summed E-state index contributed by atoms with van der Waals surface area (Å²) in [4.78, 5) is 2.22. The minimum atomic E-state index is 0.645. The van der Waals surface area contributed by atoms with Crippen molar-refractivity contribution in [1.29, 1.82) is 0 Å². The van der Waals surface area contributed by atoms with Gasteiger partial charge in [-0.15, -0.1) is 6.42 Å². The van der Waals surface area contributed by atoms with Crippen LogP contribution >= 0.6 is 0 Å². The molecule has 1 fully saturated rings. The lowest BCUT2D eigenvalue weighted by molar-refractivity contribution is 0.237. The zero-order valence-corrected chi connectivity index (χ0v) is 9.42. The summed E-state index contributed by atoms with van der Waals surface area (Å²) in [5.41, 5.74) is 0. The van der Waals surface area contributed by atoms with Gasteiger partial charge >= 0.3 is 0 Å². The molecule has 0 saturated carbocycles. The Morgan fingerprint density at radius 3 is 3.00 bits per heavy atom. The summed E-state index contributed by atoms with van der Waals surface area (Å²) in [5.74, 6) is 3.60. The SMILES string of the molecule is C#CCN(C)CC1CC(CC)CCN1. The van der Waals surface area contributed by atoms with E-state index in [1.165, 1.54) is 25.8 Å². The molecule has 0 radical (unpaired) electrons. The molecule has 0 amide bonds. The Hall–Kier alpha value is -0.520. The molecular weight excluding hydrogens is 172 g/mol. The van der Waals surface area contributed by atoms with Gasteiger partial charge in [-0.05, 0) is 32.4 Å². The Kier molecular flexibility index (Phi) is 5.00. The molecule has 2 atom stereocenters. The molecule has 1 rings (SSSR count). The number of rotatable bonds is 4. The van der Waals surface area contributed by atoms with Crippen LogP contribution in [-0.2, 0) is 0 Å². The zero-order valence-electron chi connectivity index (χ0n) is 9.42. The van der Waals surface area contributed by atoms with Crippen LogP contribution in [0.3, 0.4) is 0 Å². The van der Waals surface area contributed by atoms with E-state index in [1.807, 2.05) is 0 Å². The van der Waals surface area contributed by atoms with E-state index < -0.39 is 0 Å². The molecule has 0 spiro atoms. The van der Waals surface area contributed by atoms with Gasteiger partial charge < -0.3 is 5.32 Å². The maximum absolute atomic E-state index is 5.28. The summed E-state index contributed by atoms with van der Waals surface area (Å²) in [5, 5.41) is 3.56. The number of nitrogens with one attached hydrogen (secondary N) is 1. The van der Waals surface area contributed by atoms with Crippen LogP contribution in [0.2, 0.25) is 0 Å². The van der Waals surface area contributed by atoms with Crippen molar-refractivity contribution in [2.75, 3.05) is 26.7 Å². The molecule has 0 aromatic carbocycles. The maximum atomic E-state index is 5.28. The average molecular weight is 194 g/mol. The lowest BCUT2D eigenvalue weighted by Crippen LogP contribution is -2.44. The van der Waals surface area contributed by atoms with E-state index in [2.05, 4.69) is 30.1 Å². The molecular formula is C12H22N2. The van der Waals surface area contributed by atoms with E-state index in [0.29, 0.717) is 6.04 Å². The first-order valence-electron chi connectivity index (χ1n) is 5.61. The van der Waals surface area contributed by atoms with Gasteiger partial charge in [0.15, 0.2) is 0 Å². The largest absolute Gasteiger partial charge is 0.313 e. The van der Waals surface area contributed by atoms with Crippen molar-refractivity contribution in [1.82, 2.24) is 10.2 Å². The van der Waals surface area contributed by atoms with Gasteiger partial charge in [0.1, 0.15) is 0 Å². The van der Waals surface area contributed by atoms with E-state index in [-0.39, 0.29) is 0 Å². The Labute approximate surface area is 88.1 Å². The molecule has 2 heteroatoms. The summed E-state index contributed by atoms with van der Waals surface area (Å²) in [6, 6.07) is 0.645. The highest BCUT2D eigenvalue weighted by atomic mass is 15.1. The van der Waals surface area contributed by atoms with E-state index in [0.717, 1.165) is 19.0 Å². The molecule has 80 valence electrons. The molecule has 2 unspecified atom stereocenters. The summed E-state index contributed by atoms with van der Waals surface area (Å²) in [6.45, 7) is 5.31. The Morgan fingerprint density at radius 1 is 1.57 bits per heavy atom. The predicted octanol–water partition coefficient (Wildman–Crippen LogP) is 1.33. The van der Waals surface area contributed by atoms with Gasteiger partial charge in [-0.3, -0.25) is 4.90 Å². The molecule has 1 N–H and O–H groups in total. The Bertz CT molecular complexity index is 195. The summed E-state index contributed by atoms with van der Waals surface area (Å²) in [7, 11) is 2.09. The van der Waals surface area contributed by atoms with Crippen LogP contribution in [0.4, 0.5) is 0 Å². The van der Waals surface area contributed by atoms with Crippen LogP contribution in [0.25, 0.3) is 0 Å². The van der Waals surface area contributed by atoms with Crippen molar-refractivity contribution in [3.63, 3.8) is 0 Å². The van der Waals surface area contributed by atoms with Crippen molar-refractivity contribution >= 4 is 0 Å². The fourth-order valence-corrected chi connectivity index (χ4v) is 2.20. The number of hydrogen-bond acceptors (Lipinski definition) is 2. The van der Waals surface area contributed by atoms with E-state index in [9.17, 15) is 0 Å². The average Bonchev–Trinajstić information content (AvgIpc) is 2.18. The van der Waals surface area contributed by atoms with Crippen LogP contribution in [0, 0.1) is 18.3 Å². The standard InChI is InChI=1S/C12H22N2/c1-4-8-14(3)10-12-9-11(5-2)6-7-13-12/h1,11-13H,5-10H2,2-3H3. The highest BCUT2D eigenvalue weighted by Gasteiger charge is 2.20. The number of likely N-dealkylation sites (N-methyl/N-ethyl adjacent to an activating group) is 1. The Morgan fingerprint density at radius 2 is 2.36 bits per heavy atom. The van der Waals surface area contributed by atoms with Crippen LogP contribution in [-0.4, -0.2) is 37.6 Å². The highest BCUT2D eigenvalue weighted by molar-refractivity contribution is 4.89. The summed E-state index contributed by atoms with van der Waals surface area (Å²) < 4.78 is 0. The molecule has 0 bridgehead atoms. The van der Waals surface area contributed by atoms with Crippen LogP contribution in [0.1, 0.15) is 26.2 Å². The lowest BCUT2D eigenvalue weighted by Gasteiger charge is -2.32. The first-order chi connectivity index (χ1) is 6.76. The smallest absolute Gasteiger partial charge is 0.0596 e. The van der Waals surface area contributed by atoms with Crippen LogP contribution in [0.15, 0.2) is 0 Å². The van der Waals surface area contributed by atoms with E-state index >= 15 is 0 Å². The molecule has 1 aliphatic rings. The topological polar surface area (TPSA) is 15.3 Å². The monoisotopic (exact) mass is 194 g/mol. The summed E-state index contributed by atoms with van der Waals surface area (Å²) in [6.07, 6.45) is 9.24. The van der Waals surface area contributed by atoms with Gasteiger partial charge in [-0.1, -0.05) is 19.3 Å². The van der Waals surface area contributed by atoms with Gasteiger partial charge in [-0.2, -0.15) is 0 Å². The van der Waals surface area contributed by atoms with Crippen molar-refractivity contribution in [3.05, 3.63) is 0 Å². The minimum Gasteiger partial charge on any atom is -0.313 e. The van der Waals surface area contributed by atoms with E-state index in [4.69, 9.17) is 6.42 Å². The van der Waals surface area contributed by atoms with Crippen molar-refractivity contribution in [2.45, 2.75) is 32.2 Å². The predicted molar refractivity (Wildman–Crippen MR) is 61.1 cm³/mol. The molecule has 1 aliphatic heterocycles. The molecule has 2 nitrogen and oxygen atoms in total. The van der Waals surface area contributed by atoms with Crippen LogP contribution in [0.5, 0.6) is 0 Å². The number of terminal acetylenes is 1. The van der Waals surface area contributed by atoms with Crippen molar-refractivity contribution < 1.29 is 0 Å². The Balaban J connectivity index is 2.27. The molecule has 14 heavy (non-hydrogen) atoms. The normalized spacial score (nSPS) is 27.6. The fourth-order valence-electron chi connectivity index (χ4n) is 2.20. The third kappa shape index (κ3) is 3.69. The fraction of sp³-hybridized carbons (Fsp3) is 0.833. The molecule has 1 saturated heterocycles. The molecule has 1 heterocycles. The lowest BCUT2D eigenvalue weighted by atomic mass is 9.90. The van der Waals surface area contributed by atoms with Crippen LogP contribution < -0.4 is 5.32 Å². The number of nitrogens with zero attached hydrogens (tertiary/aromatic N) is 1. The highest BCUT2D eigenvalue weighted by Crippen LogP contribution is 2.19. The number of piperidine rings is 1. The van der Waals surface area contributed by atoms with Crippen molar-refractivity contribution in [3.8, 4) is 12.3 Å². The molecule has 0 aliphatic carbocycles. The summed E-state index contributed by atoms with van der Waals surface area (Å²) >= 11 is 0. The second-order valence-electron chi connectivity index (χ2n) is 4.35. The minimum absolute atomic E-state index is 0.645. The quantitative estimate of drug-likeness (QED) is 0.679. The second kappa shape index (κ2) is 6.06. The zero-order chi connectivity index (χ0) is 10.4. The second-order valence-corrected chi connectivity index (χ2v) is 4.35. The maximum Gasteiger partial charge on any atom is 0.0596 e. The molecule has 0 aromatic heterocycles. The van der Waals surface area contributed by atoms with Gasteiger partial charge in [0.2, 0.25) is 0 Å². The van der Waals surface area contributed by atoms with E-state index in [1.54, 1.807) is 0 Å². The number of hydrogen-bond donors (Lipinski definition) is 1. The van der Waals surface area contributed by atoms with Gasteiger partial charge in [-0.25, -0.2) is 0 Å². The van der Waals surface area contributed by atoms with Gasteiger partial charge in [0.05, 0.1) is 6.54 Å². The first-order valence-corrected chi connectivity index (χ1v) is 5.61. The first kappa shape index (κ1) is 11.6. The third-order valence-corrected chi connectivity index (χ3v) is 3.07. The third-order valence-electron chi connectivity index (χ3n) is 3.07. The van der Waals surface area contributed by atoms with Crippen molar-refractivity contribution in [2.24, 2.45) is 5.92 Å². The van der Waals surface area contributed by atoms with Gasteiger partial charge in [0.25, 0.3) is 0 Å². The van der Waals surface area contributed by atoms with Gasteiger partial charge in [0, 0.05) is 12.6 Å². The molecule has 0 aromatic rings.